The number of aromatic nitrogens is 2. The number of nitrogens with one attached hydrogen (secondary N) is 1. The summed E-state index contributed by atoms with van der Waals surface area (Å²) < 4.78 is 4.97. The fraction of sp³-hybridized carbons (Fsp3) is 0.176. The van der Waals surface area contributed by atoms with Crippen molar-refractivity contribution < 1.29 is 9.53 Å². The SMILES string of the molecule is CCOC(=O)c1ccc(-c2nc3cc(N)c(C)cc3[nH]2)cc1. The van der Waals surface area contributed by atoms with Gasteiger partial charge in [-0.05, 0) is 43.7 Å². The molecule has 1 heterocycles. The summed E-state index contributed by atoms with van der Waals surface area (Å²) in [7, 11) is 0. The van der Waals surface area contributed by atoms with E-state index in [0.717, 1.165) is 33.7 Å². The van der Waals surface area contributed by atoms with E-state index in [9.17, 15) is 4.79 Å². The van der Waals surface area contributed by atoms with Gasteiger partial charge >= 0.3 is 5.97 Å². The van der Waals surface area contributed by atoms with Crippen LogP contribution >= 0.6 is 0 Å². The standard InChI is InChI=1S/C17H17N3O2/c1-3-22-17(21)12-6-4-11(5-7-12)16-19-14-8-10(2)13(18)9-15(14)20-16/h4-9H,3,18H2,1-2H3,(H,19,20). The molecule has 0 spiro atoms. The topological polar surface area (TPSA) is 81.0 Å². The smallest absolute Gasteiger partial charge is 0.338 e. The molecule has 22 heavy (non-hydrogen) atoms. The highest BCUT2D eigenvalue weighted by Crippen LogP contribution is 2.24. The van der Waals surface area contributed by atoms with Crippen LogP contribution in [-0.2, 0) is 4.74 Å². The van der Waals surface area contributed by atoms with Crippen molar-refractivity contribution >= 4 is 22.7 Å². The molecule has 112 valence electrons. The number of rotatable bonds is 3. The third kappa shape index (κ3) is 2.53. The molecule has 3 aromatic rings. The molecule has 0 aliphatic heterocycles. The third-order valence-corrected chi connectivity index (χ3v) is 3.54. The van der Waals surface area contributed by atoms with Crippen molar-refractivity contribution in [2.45, 2.75) is 13.8 Å². The highest BCUT2D eigenvalue weighted by atomic mass is 16.5. The van der Waals surface area contributed by atoms with Gasteiger partial charge in [-0.15, -0.1) is 0 Å². The van der Waals surface area contributed by atoms with E-state index < -0.39 is 0 Å². The fourth-order valence-electron chi connectivity index (χ4n) is 2.30. The van der Waals surface area contributed by atoms with E-state index in [2.05, 4.69) is 9.97 Å². The molecular formula is C17H17N3O2. The Labute approximate surface area is 128 Å². The van der Waals surface area contributed by atoms with Gasteiger partial charge in [-0.25, -0.2) is 9.78 Å². The molecule has 1 aromatic heterocycles. The summed E-state index contributed by atoms with van der Waals surface area (Å²) in [6, 6.07) is 11.0. The first kappa shape index (κ1) is 14.1. The number of esters is 1. The molecule has 0 aliphatic rings. The van der Waals surface area contributed by atoms with E-state index >= 15 is 0 Å². The quantitative estimate of drug-likeness (QED) is 0.574. The maximum Gasteiger partial charge on any atom is 0.338 e. The van der Waals surface area contributed by atoms with Gasteiger partial charge in [0.2, 0.25) is 0 Å². The summed E-state index contributed by atoms with van der Waals surface area (Å²) in [5.74, 6) is 0.428. The Morgan fingerprint density at radius 2 is 2.00 bits per heavy atom. The van der Waals surface area contributed by atoms with Gasteiger partial charge in [-0.1, -0.05) is 12.1 Å². The highest BCUT2D eigenvalue weighted by molar-refractivity contribution is 5.90. The Morgan fingerprint density at radius 1 is 1.27 bits per heavy atom. The summed E-state index contributed by atoms with van der Waals surface area (Å²) in [4.78, 5) is 19.5. The minimum Gasteiger partial charge on any atom is -0.462 e. The Morgan fingerprint density at radius 3 is 2.68 bits per heavy atom. The van der Waals surface area contributed by atoms with Gasteiger partial charge in [0, 0.05) is 11.3 Å². The summed E-state index contributed by atoms with van der Waals surface area (Å²) in [5, 5.41) is 0. The lowest BCUT2D eigenvalue weighted by Gasteiger charge is -2.02. The fourth-order valence-corrected chi connectivity index (χ4v) is 2.30. The molecule has 3 rings (SSSR count). The molecule has 0 aliphatic carbocycles. The lowest BCUT2D eigenvalue weighted by molar-refractivity contribution is 0.0526. The van der Waals surface area contributed by atoms with E-state index in [-0.39, 0.29) is 5.97 Å². The van der Waals surface area contributed by atoms with Crippen LogP contribution in [0.2, 0.25) is 0 Å². The predicted octanol–water partition coefficient (Wildman–Crippen LogP) is 3.30. The van der Waals surface area contributed by atoms with Crippen molar-refractivity contribution in [1.29, 1.82) is 0 Å². The Hall–Kier alpha value is -2.82. The maximum absolute atomic E-state index is 11.6. The molecule has 2 aromatic carbocycles. The molecule has 0 amide bonds. The second-order valence-electron chi connectivity index (χ2n) is 5.11. The van der Waals surface area contributed by atoms with Gasteiger partial charge in [0.1, 0.15) is 5.82 Å². The number of aromatic amines is 1. The van der Waals surface area contributed by atoms with Crippen LogP contribution in [0.5, 0.6) is 0 Å². The number of imidazole rings is 1. The normalized spacial score (nSPS) is 10.8. The van der Waals surface area contributed by atoms with Crippen molar-refractivity contribution in [2.75, 3.05) is 12.3 Å². The van der Waals surface area contributed by atoms with Crippen molar-refractivity contribution in [3.8, 4) is 11.4 Å². The van der Waals surface area contributed by atoms with Gasteiger partial charge in [-0.2, -0.15) is 0 Å². The van der Waals surface area contributed by atoms with Crippen molar-refractivity contribution in [2.24, 2.45) is 0 Å². The van der Waals surface area contributed by atoms with E-state index in [0.29, 0.717) is 12.2 Å². The first-order valence-electron chi connectivity index (χ1n) is 7.12. The van der Waals surface area contributed by atoms with E-state index in [1.807, 2.05) is 31.2 Å². The van der Waals surface area contributed by atoms with Crippen LogP contribution in [-0.4, -0.2) is 22.5 Å². The summed E-state index contributed by atoms with van der Waals surface area (Å²) in [5.41, 5.74) is 10.8. The number of fused-ring (bicyclic) bond motifs is 1. The van der Waals surface area contributed by atoms with Gasteiger partial charge in [-0.3, -0.25) is 0 Å². The zero-order chi connectivity index (χ0) is 15.7. The second kappa shape index (κ2) is 5.52. The average molecular weight is 295 g/mol. The van der Waals surface area contributed by atoms with Crippen LogP contribution in [0.4, 0.5) is 5.69 Å². The molecule has 0 fully saturated rings. The van der Waals surface area contributed by atoms with Crippen molar-refractivity contribution in [1.82, 2.24) is 9.97 Å². The van der Waals surface area contributed by atoms with Crippen molar-refractivity contribution in [3.05, 3.63) is 47.5 Å². The number of carbonyl (C=O) groups is 1. The number of ether oxygens (including phenoxy) is 1. The van der Waals surface area contributed by atoms with E-state index in [1.165, 1.54) is 0 Å². The van der Waals surface area contributed by atoms with Crippen LogP contribution in [0, 0.1) is 6.92 Å². The number of carbonyl (C=O) groups excluding carboxylic acids is 1. The molecule has 0 atom stereocenters. The number of nitrogens with zero attached hydrogens (tertiary/aromatic N) is 1. The summed E-state index contributed by atoms with van der Waals surface area (Å²) in [6.45, 7) is 4.11. The molecule has 0 saturated heterocycles. The van der Waals surface area contributed by atoms with Crippen LogP contribution in [0.15, 0.2) is 36.4 Å². The van der Waals surface area contributed by atoms with Gasteiger partial charge in [0.15, 0.2) is 0 Å². The number of benzene rings is 2. The number of H-pyrrole nitrogens is 1. The zero-order valence-electron chi connectivity index (χ0n) is 12.5. The number of hydrogen-bond acceptors (Lipinski definition) is 4. The van der Waals surface area contributed by atoms with Crippen LogP contribution in [0.3, 0.4) is 0 Å². The number of aryl methyl sites for hydroxylation is 1. The first-order valence-corrected chi connectivity index (χ1v) is 7.12. The Kier molecular flexibility index (Phi) is 3.55. The Bertz CT molecular complexity index is 796. The number of hydrogen-bond donors (Lipinski definition) is 2. The zero-order valence-corrected chi connectivity index (χ0v) is 12.5. The highest BCUT2D eigenvalue weighted by Gasteiger charge is 2.09. The van der Waals surface area contributed by atoms with Crippen molar-refractivity contribution in [3.63, 3.8) is 0 Å². The molecular weight excluding hydrogens is 278 g/mol. The molecule has 0 bridgehead atoms. The number of anilines is 1. The second-order valence-corrected chi connectivity index (χ2v) is 5.11. The lowest BCUT2D eigenvalue weighted by Crippen LogP contribution is -2.04. The van der Waals surface area contributed by atoms with Gasteiger partial charge < -0.3 is 15.5 Å². The van der Waals surface area contributed by atoms with E-state index in [4.69, 9.17) is 10.5 Å². The molecule has 5 heteroatoms. The third-order valence-electron chi connectivity index (χ3n) is 3.54. The minimum absolute atomic E-state index is 0.318. The number of nitrogen functional groups attached to an aromatic ring is 1. The summed E-state index contributed by atoms with van der Waals surface area (Å²) in [6.07, 6.45) is 0. The van der Waals surface area contributed by atoms with Crippen LogP contribution < -0.4 is 5.73 Å². The molecule has 5 nitrogen and oxygen atoms in total. The van der Waals surface area contributed by atoms with Crippen LogP contribution in [0.1, 0.15) is 22.8 Å². The first-order chi connectivity index (χ1) is 10.6. The van der Waals surface area contributed by atoms with Gasteiger partial charge in [0.25, 0.3) is 0 Å². The molecule has 0 saturated carbocycles. The minimum atomic E-state index is -0.318. The molecule has 0 unspecified atom stereocenters. The van der Waals surface area contributed by atoms with E-state index in [1.54, 1.807) is 19.1 Å². The monoisotopic (exact) mass is 295 g/mol. The number of nitrogens with two attached hydrogens (primary N) is 1. The average Bonchev–Trinajstić information content (AvgIpc) is 2.91. The predicted molar refractivity (Wildman–Crippen MR) is 86.6 cm³/mol. The molecule has 3 N–H and O–H groups in total. The molecule has 0 radical (unpaired) electrons. The maximum atomic E-state index is 11.6. The summed E-state index contributed by atoms with van der Waals surface area (Å²) >= 11 is 0. The Balaban J connectivity index is 1.95. The lowest BCUT2D eigenvalue weighted by atomic mass is 10.1. The largest absolute Gasteiger partial charge is 0.462 e. The van der Waals surface area contributed by atoms with Crippen LogP contribution in [0.25, 0.3) is 22.4 Å². The van der Waals surface area contributed by atoms with Gasteiger partial charge in [0.05, 0.1) is 23.2 Å².